The number of imidazole rings is 1. The fraction of sp³-hybridized carbons (Fsp3) is 0.310. The Morgan fingerprint density at radius 2 is 1.53 bits per heavy atom. The Kier molecular flexibility index (Phi) is 5.86. The number of hydrogen-bond acceptors (Lipinski definition) is 3. The van der Waals surface area contributed by atoms with Gasteiger partial charge in [-0.2, -0.15) is 0 Å². The van der Waals surface area contributed by atoms with Crippen molar-refractivity contribution in [3.8, 4) is 5.75 Å². The molecule has 0 saturated carbocycles. The van der Waals surface area contributed by atoms with Gasteiger partial charge in [-0.25, -0.2) is 4.98 Å². The molecule has 5 heteroatoms. The van der Waals surface area contributed by atoms with E-state index in [0.29, 0.717) is 26.1 Å². The van der Waals surface area contributed by atoms with E-state index in [-0.39, 0.29) is 11.8 Å². The van der Waals surface area contributed by atoms with Gasteiger partial charge in [0.25, 0.3) is 0 Å². The third kappa shape index (κ3) is 3.96. The Labute approximate surface area is 201 Å². The number of benzene rings is 3. The number of nitrogens with zero attached hydrogens (tertiary/aromatic N) is 3. The fourth-order valence-electron chi connectivity index (χ4n) is 5.23. The fourth-order valence-corrected chi connectivity index (χ4v) is 5.23. The number of aromatic nitrogens is 2. The number of rotatable bonds is 6. The summed E-state index contributed by atoms with van der Waals surface area (Å²) in [5.41, 5.74) is 7.62. The summed E-state index contributed by atoms with van der Waals surface area (Å²) < 4.78 is 8.47. The number of carbonyl (C=O) groups is 1. The molecule has 34 heavy (non-hydrogen) atoms. The van der Waals surface area contributed by atoms with E-state index in [0.717, 1.165) is 50.5 Å². The van der Waals surface area contributed by atoms with Crippen molar-refractivity contribution in [3.05, 3.63) is 88.7 Å². The van der Waals surface area contributed by atoms with Crippen molar-refractivity contribution >= 4 is 22.6 Å². The topological polar surface area (TPSA) is 47.4 Å². The van der Waals surface area contributed by atoms with E-state index < -0.39 is 0 Å². The van der Waals surface area contributed by atoms with Gasteiger partial charge < -0.3 is 14.2 Å². The van der Waals surface area contributed by atoms with Gasteiger partial charge in [-0.3, -0.25) is 4.79 Å². The quantitative estimate of drug-likeness (QED) is 0.367. The Morgan fingerprint density at radius 1 is 0.882 bits per heavy atom. The van der Waals surface area contributed by atoms with Crippen LogP contribution in [0.25, 0.3) is 11.0 Å². The molecule has 0 aliphatic carbocycles. The summed E-state index contributed by atoms with van der Waals surface area (Å²) in [6.07, 6.45) is 0.467. The lowest BCUT2D eigenvalue weighted by atomic mass is 10.1. The van der Waals surface area contributed by atoms with Crippen LogP contribution in [0.15, 0.2) is 60.7 Å². The average molecular weight is 454 g/mol. The van der Waals surface area contributed by atoms with Gasteiger partial charge in [0.2, 0.25) is 5.91 Å². The highest BCUT2D eigenvalue weighted by Gasteiger charge is 2.35. The smallest absolute Gasteiger partial charge is 0.227 e. The zero-order valence-electron chi connectivity index (χ0n) is 20.3. The predicted molar refractivity (Wildman–Crippen MR) is 137 cm³/mol. The van der Waals surface area contributed by atoms with Gasteiger partial charge in [0.05, 0.1) is 17.6 Å². The third-order valence-corrected chi connectivity index (χ3v) is 6.85. The number of anilines is 1. The minimum Gasteiger partial charge on any atom is -0.491 e. The molecule has 1 aliphatic rings. The number of carbonyl (C=O) groups excluding carboxylic acids is 1. The van der Waals surface area contributed by atoms with Crippen LogP contribution in [0.4, 0.5) is 5.69 Å². The molecule has 1 amide bonds. The lowest BCUT2D eigenvalue weighted by Crippen LogP contribution is -2.26. The molecular formula is C29H31N3O2. The van der Waals surface area contributed by atoms with E-state index in [1.54, 1.807) is 0 Å². The van der Waals surface area contributed by atoms with Crippen LogP contribution in [0.1, 0.15) is 40.4 Å². The highest BCUT2D eigenvalue weighted by Crippen LogP contribution is 2.36. The molecule has 5 rings (SSSR count). The van der Waals surface area contributed by atoms with Crippen LogP contribution < -0.4 is 9.64 Å². The summed E-state index contributed by atoms with van der Waals surface area (Å²) >= 11 is 0. The van der Waals surface area contributed by atoms with Gasteiger partial charge in [-0.1, -0.05) is 48.5 Å². The number of para-hydroxylation sites is 4. The lowest BCUT2D eigenvalue weighted by molar-refractivity contribution is -0.117. The first kappa shape index (κ1) is 22.2. The zero-order valence-corrected chi connectivity index (χ0v) is 20.3. The normalized spacial score (nSPS) is 15.9. The second kappa shape index (κ2) is 8.98. The summed E-state index contributed by atoms with van der Waals surface area (Å²) in [5, 5.41) is 0. The van der Waals surface area contributed by atoms with Gasteiger partial charge in [0.1, 0.15) is 18.2 Å². The summed E-state index contributed by atoms with van der Waals surface area (Å²) in [7, 11) is 0. The summed E-state index contributed by atoms with van der Waals surface area (Å²) in [6.45, 7) is 10.2. The highest BCUT2D eigenvalue weighted by molar-refractivity contribution is 5.98. The molecule has 1 aliphatic heterocycles. The van der Waals surface area contributed by atoms with Gasteiger partial charge in [0.15, 0.2) is 0 Å². The van der Waals surface area contributed by atoms with Gasteiger partial charge in [0, 0.05) is 24.6 Å². The van der Waals surface area contributed by atoms with E-state index in [1.807, 2.05) is 29.2 Å². The Hall–Kier alpha value is -3.60. The molecule has 5 nitrogen and oxygen atoms in total. The largest absolute Gasteiger partial charge is 0.491 e. The summed E-state index contributed by atoms with van der Waals surface area (Å²) in [4.78, 5) is 20.1. The maximum Gasteiger partial charge on any atom is 0.227 e. The van der Waals surface area contributed by atoms with Crippen LogP contribution in [0.5, 0.6) is 5.75 Å². The van der Waals surface area contributed by atoms with E-state index in [2.05, 4.69) is 68.7 Å². The van der Waals surface area contributed by atoms with E-state index in [4.69, 9.17) is 9.72 Å². The van der Waals surface area contributed by atoms with Crippen LogP contribution in [0.2, 0.25) is 0 Å². The molecule has 1 aromatic heterocycles. The van der Waals surface area contributed by atoms with E-state index in [1.165, 1.54) is 0 Å². The number of ether oxygens (including phenoxy) is 1. The number of hydrogen-bond donors (Lipinski definition) is 0. The van der Waals surface area contributed by atoms with Crippen LogP contribution in [-0.2, 0) is 11.3 Å². The molecule has 174 valence electrons. The molecule has 0 radical (unpaired) electrons. The Bertz CT molecular complexity index is 1330. The highest BCUT2D eigenvalue weighted by atomic mass is 16.5. The van der Waals surface area contributed by atoms with E-state index in [9.17, 15) is 4.79 Å². The molecule has 0 bridgehead atoms. The number of fused-ring (bicyclic) bond motifs is 1. The molecule has 0 spiro atoms. The molecule has 2 heterocycles. The molecular weight excluding hydrogens is 422 g/mol. The molecule has 1 saturated heterocycles. The second-order valence-electron chi connectivity index (χ2n) is 9.33. The van der Waals surface area contributed by atoms with Gasteiger partial charge in [-0.05, 0) is 62.1 Å². The van der Waals surface area contributed by atoms with Gasteiger partial charge >= 0.3 is 0 Å². The second-order valence-corrected chi connectivity index (χ2v) is 9.33. The van der Waals surface area contributed by atoms with Crippen LogP contribution in [0.3, 0.4) is 0 Å². The molecule has 0 N–H and O–H groups in total. The third-order valence-electron chi connectivity index (χ3n) is 6.85. The van der Waals surface area contributed by atoms with Crippen molar-refractivity contribution in [3.63, 3.8) is 0 Å². The predicted octanol–water partition coefficient (Wildman–Crippen LogP) is 5.87. The standard InChI is InChI=1S/C29H31N3O2/c1-19-9-7-10-20(2)27(19)32-18-23(17-26(32)33)29-30-24-13-5-6-14-25(24)31(29)15-16-34-28-21(3)11-8-12-22(28)4/h5-14,23H,15-18H2,1-4H3/t23-/m1/s1. The number of amides is 1. The minimum absolute atomic E-state index is 0.0408. The molecule has 1 fully saturated rings. The van der Waals surface area contributed by atoms with Crippen LogP contribution in [0, 0.1) is 27.7 Å². The van der Waals surface area contributed by atoms with E-state index >= 15 is 0 Å². The first-order chi connectivity index (χ1) is 16.4. The summed E-state index contributed by atoms with van der Waals surface area (Å²) in [5.74, 6) is 2.12. The van der Waals surface area contributed by atoms with Gasteiger partial charge in [-0.15, -0.1) is 0 Å². The first-order valence-corrected chi connectivity index (χ1v) is 11.9. The Morgan fingerprint density at radius 3 is 2.24 bits per heavy atom. The van der Waals surface area contributed by atoms with Crippen molar-refractivity contribution in [1.29, 1.82) is 0 Å². The lowest BCUT2D eigenvalue weighted by Gasteiger charge is -2.21. The zero-order chi connectivity index (χ0) is 23.8. The maximum atomic E-state index is 13.1. The summed E-state index contributed by atoms with van der Waals surface area (Å²) in [6, 6.07) is 20.6. The molecule has 0 unspecified atom stereocenters. The SMILES string of the molecule is Cc1cccc(C)c1OCCn1c([C@@H]2CC(=O)N(c3c(C)cccc3C)C2)nc2ccccc21. The van der Waals surface area contributed by atoms with Crippen LogP contribution in [-0.4, -0.2) is 28.6 Å². The van der Waals surface area contributed by atoms with Crippen LogP contribution >= 0.6 is 0 Å². The molecule has 4 aromatic rings. The Balaban J connectivity index is 1.44. The minimum atomic E-state index is 0.0408. The molecule has 3 aromatic carbocycles. The van der Waals surface area contributed by atoms with Crippen molar-refractivity contribution in [1.82, 2.24) is 9.55 Å². The van der Waals surface area contributed by atoms with Crippen molar-refractivity contribution in [2.24, 2.45) is 0 Å². The number of aryl methyl sites for hydroxylation is 4. The van der Waals surface area contributed by atoms with Crippen molar-refractivity contribution < 1.29 is 9.53 Å². The average Bonchev–Trinajstić information content (AvgIpc) is 3.36. The van der Waals surface area contributed by atoms with Crippen molar-refractivity contribution in [2.45, 2.75) is 46.6 Å². The maximum absolute atomic E-state index is 13.1. The first-order valence-electron chi connectivity index (χ1n) is 11.9. The molecule has 1 atom stereocenters. The van der Waals surface area contributed by atoms with Crippen molar-refractivity contribution in [2.75, 3.05) is 18.1 Å². The monoisotopic (exact) mass is 453 g/mol.